The molecule has 1 N–H and O–H groups in total. The van der Waals surface area contributed by atoms with E-state index in [9.17, 15) is 9.59 Å². The van der Waals surface area contributed by atoms with Crippen LogP contribution in [0.5, 0.6) is 0 Å². The molecule has 0 heterocycles. The first kappa shape index (κ1) is 18.2. The number of hydrogen-bond donors (Lipinski definition) is 1. The summed E-state index contributed by atoms with van der Waals surface area (Å²) < 4.78 is 4.86. The Kier molecular flexibility index (Phi) is 8.96. The highest BCUT2D eigenvalue weighted by atomic mass is 16.5. The smallest absolute Gasteiger partial charge is 0.305 e. The van der Waals surface area contributed by atoms with E-state index in [1.807, 2.05) is 6.92 Å². The summed E-state index contributed by atoms with van der Waals surface area (Å²) in [6, 6.07) is 8.27. The number of ether oxygens (including phenoxy) is 1. The fraction of sp³-hybridized carbons (Fsp3) is 0.556. The molecule has 4 heteroatoms. The highest BCUT2D eigenvalue weighted by Gasteiger charge is 2.03. The molecule has 1 rings (SSSR count). The molecule has 0 spiro atoms. The molecule has 0 aliphatic heterocycles. The third kappa shape index (κ3) is 8.45. The van der Waals surface area contributed by atoms with E-state index in [1.165, 1.54) is 11.1 Å². The minimum atomic E-state index is -0.135. The predicted molar refractivity (Wildman–Crippen MR) is 87.6 cm³/mol. The van der Waals surface area contributed by atoms with Gasteiger partial charge in [0.2, 0.25) is 5.91 Å². The lowest BCUT2D eigenvalue weighted by Crippen LogP contribution is -2.24. The quantitative estimate of drug-likeness (QED) is 0.533. The molecule has 0 radical (unpaired) electrons. The zero-order valence-electron chi connectivity index (χ0n) is 13.7. The van der Waals surface area contributed by atoms with Gasteiger partial charge < -0.3 is 10.1 Å². The van der Waals surface area contributed by atoms with Gasteiger partial charge in [0.25, 0.3) is 0 Å². The summed E-state index contributed by atoms with van der Waals surface area (Å²) in [5.41, 5.74) is 2.42. The first-order valence-electron chi connectivity index (χ1n) is 8.09. The van der Waals surface area contributed by atoms with Gasteiger partial charge in [-0.25, -0.2) is 0 Å². The van der Waals surface area contributed by atoms with Crippen LogP contribution in [0, 0.1) is 6.92 Å². The van der Waals surface area contributed by atoms with Crippen LogP contribution in [0.4, 0.5) is 0 Å². The zero-order chi connectivity index (χ0) is 16.2. The molecule has 1 aromatic carbocycles. The van der Waals surface area contributed by atoms with E-state index in [4.69, 9.17) is 4.74 Å². The molecular weight excluding hydrogens is 278 g/mol. The van der Waals surface area contributed by atoms with Crippen molar-refractivity contribution < 1.29 is 14.3 Å². The van der Waals surface area contributed by atoms with Gasteiger partial charge in [0.05, 0.1) is 6.61 Å². The van der Waals surface area contributed by atoms with Crippen molar-refractivity contribution in [1.29, 1.82) is 0 Å². The molecule has 22 heavy (non-hydrogen) atoms. The summed E-state index contributed by atoms with van der Waals surface area (Å²) in [7, 11) is 0. The lowest BCUT2D eigenvalue weighted by atomic mass is 10.1. The van der Waals surface area contributed by atoms with Crippen LogP contribution in [0.15, 0.2) is 24.3 Å². The summed E-state index contributed by atoms with van der Waals surface area (Å²) in [6.45, 7) is 4.98. The Labute approximate surface area is 133 Å². The second kappa shape index (κ2) is 10.8. The first-order chi connectivity index (χ1) is 10.6. The zero-order valence-corrected chi connectivity index (χ0v) is 13.7. The molecule has 122 valence electrons. The molecule has 1 aromatic rings. The number of carbonyl (C=O) groups is 2. The molecule has 0 saturated carbocycles. The molecule has 0 fully saturated rings. The summed E-state index contributed by atoms with van der Waals surface area (Å²) in [6.07, 6.45) is 4.40. The topological polar surface area (TPSA) is 55.4 Å². The maximum Gasteiger partial charge on any atom is 0.305 e. The van der Waals surface area contributed by atoms with Gasteiger partial charge in [-0.2, -0.15) is 0 Å². The number of rotatable bonds is 10. The van der Waals surface area contributed by atoms with Crippen molar-refractivity contribution in [1.82, 2.24) is 5.32 Å². The second-order valence-corrected chi connectivity index (χ2v) is 5.45. The lowest BCUT2D eigenvalue weighted by Gasteiger charge is -2.06. The predicted octanol–water partition coefficient (Wildman–Crippen LogP) is 3.17. The molecule has 0 aliphatic carbocycles. The number of esters is 1. The largest absolute Gasteiger partial charge is 0.466 e. The number of benzene rings is 1. The fourth-order valence-electron chi connectivity index (χ4n) is 2.13. The third-order valence-electron chi connectivity index (χ3n) is 3.45. The van der Waals surface area contributed by atoms with Crippen molar-refractivity contribution in [3.05, 3.63) is 35.4 Å². The van der Waals surface area contributed by atoms with E-state index in [0.717, 1.165) is 25.7 Å². The Morgan fingerprint density at radius 2 is 1.77 bits per heavy atom. The Hall–Kier alpha value is -1.84. The normalized spacial score (nSPS) is 10.3. The second-order valence-electron chi connectivity index (χ2n) is 5.45. The van der Waals surface area contributed by atoms with Gasteiger partial charge in [-0.1, -0.05) is 36.2 Å². The molecule has 0 unspecified atom stereocenters. The average molecular weight is 305 g/mol. The number of hydrogen-bond acceptors (Lipinski definition) is 3. The summed E-state index contributed by atoms with van der Waals surface area (Å²) in [5, 5.41) is 2.92. The third-order valence-corrected chi connectivity index (χ3v) is 3.45. The molecule has 1 amide bonds. The molecular formula is C18H27NO3. The van der Waals surface area contributed by atoms with E-state index < -0.39 is 0 Å². The van der Waals surface area contributed by atoms with Gasteiger partial charge in [0.1, 0.15) is 0 Å². The number of aryl methyl sites for hydroxylation is 2. The minimum Gasteiger partial charge on any atom is -0.466 e. The van der Waals surface area contributed by atoms with E-state index in [0.29, 0.717) is 26.0 Å². The van der Waals surface area contributed by atoms with Crippen molar-refractivity contribution in [2.45, 2.75) is 52.4 Å². The van der Waals surface area contributed by atoms with Crippen LogP contribution in [0.1, 0.15) is 50.2 Å². The SMILES string of the molecule is CCOC(=O)CCCCCNC(=O)CCc1ccc(C)cc1. The number of amides is 1. The molecule has 0 atom stereocenters. The average Bonchev–Trinajstić information content (AvgIpc) is 2.50. The van der Waals surface area contributed by atoms with Gasteiger partial charge >= 0.3 is 5.97 Å². The number of nitrogens with one attached hydrogen (secondary N) is 1. The maximum atomic E-state index is 11.7. The highest BCUT2D eigenvalue weighted by molar-refractivity contribution is 5.76. The van der Waals surface area contributed by atoms with Crippen LogP contribution in [0.25, 0.3) is 0 Å². The Balaban J connectivity index is 2.01. The van der Waals surface area contributed by atoms with Gasteiger partial charge in [0, 0.05) is 19.4 Å². The van der Waals surface area contributed by atoms with E-state index in [1.54, 1.807) is 0 Å². The fourth-order valence-corrected chi connectivity index (χ4v) is 2.13. The van der Waals surface area contributed by atoms with Crippen LogP contribution in [-0.2, 0) is 20.7 Å². The monoisotopic (exact) mass is 305 g/mol. The van der Waals surface area contributed by atoms with E-state index >= 15 is 0 Å². The van der Waals surface area contributed by atoms with Crippen LogP contribution in [-0.4, -0.2) is 25.0 Å². The maximum absolute atomic E-state index is 11.7. The number of carbonyl (C=O) groups excluding carboxylic acids is 2. The van der Waals surface area contributed by atoms with Gasteiger partial charge in [-0.05, 0) is 38.7 Å². The lowest BCUT2D eigenvalue weighted by molar-refractivity contribution is -0.143. The Bertz CT molecular complexity index is 454. The summed E-state index contributed by atoms with van der Waals surface area (Å²) in [4.78, 5) is 22.9. The Morgan fingerprint density at radius 1 is 1.05 bits per heavy atom. The molecule has 0 bridgehead atoms. The van der Waals surface area contributed by atoms with Crippen molar-refractivity contribution in [3.63, 3.8) is 0 Å². The molecule has 0 saturated heterocycles. The van der Waals surface area contributed by atoms with Crippen LogP contribution >= 0.6 is 0 Å². The molecule has 4 nitrogen and oxygen atoms in total. The van der Waals surface area contributed by atoms with Gasteiger partial charge in [-0.3, -0.25) is 9.59 Å². The first-order valence-corrected chi connectivity index (χ1v) is 8.09. The van der Waals surface area contributed by atoms with Crippen molar-refractivity contribution in [2.24, 2.45) is 0 Å². The van der Waals surface area contributed by atoms with Gasteiger partial charge in [0.15, 0.2) is 0 Å². The van der Waals surface area contributed by atoms with Crippen molar-refractivity contribution in [3.8, 4) is 0 Å². The van der Waals surface area contributed by atoms with E-state index in [-0.39, 0.29) is 11.9 Å². The molecule has 0 aliphatic rings. The summed E-state index contributed by atoms with van der Waals surface area (Å²) in [5.74, 6) is -0.0457. The van der Waals surface area contributed by atoms with Crippen LogP contribution < -0.4 is 5.32 Å². The number of unbranched alkanes of at least 4 members (excludes halogenated alkanes) is 2. The van der Waals surface area contributed by atoms with Crippen molar-refractivity contribution in [2.75, 3.05) is 13.2 Å². The Morgan fingerprint density at radius 3 is 2.45 bits per heavy atom. The standard InChI is InChI=1S/C18H27NO3/c1-3-22-18(21)7-5-4-6-14-19-17(20)13-12-16-10-8-15(2)9-11-16/h8-11H,3-7,12-14H2,1-2H3,(H,19,20). The molecule has 0 aromatic heterocycles. The van der Waals surface area contributed by atoms with Gasteiger partial charge in [-0.15, -0.1) is 0 Å². The van der Waals surface area contributed by atoms with Crippen LogP contribution in [0.2, 0.25) is 0 Å². The minimum absolute atomic E-state index is 0.0889. The van der Waals surface area contributed by atoms with E-state index in [2.05, 4.69) is 36.5 Å². The van der Waals surface area contributed by atoms with Crippen LogP contribution in [0.3, 0.4) is 0 Å². The summed E-state index contributed by atoms with van der Waals surface area (Å²) >= 11 is 0. The highest BCUT2D eigenvalue weighted by Crippen LogP contribution is 2.06. The van der Waals surface area contributed by atoms with Crippen molar-refractivity contribution >= 4 is 11.9 Å².